The van der Waals surface area contributed by atoms with Gasteiger partial charge in [-0.25, -0.2) is 9.18 Å². The molecule has 178 valence electrons. The Balaban J connectivity index is 1.64. The molecule has 1 aromatic heterocycles. The van der Waals surface area contributed by atoms with Gasteiger partial charge >= 0.3 is 11.7 Å². The number of carbonyl (C=O) groups is 3. The highest BCUT2D eigenvalue weighted by atomic mass is 19.1. The Bertz CT molecular complexity index is 1350. The first kappa shape index (κ1) is 23.4. The van der Waals surface area contributed by atoms with Crippen LogP contribution in [0.4, 0.5) is 4.39 Å². The quantitative estimate of drug-likeness (QED) is 0.444. The molecule has 4 rings (SSSR count). The van der Waals surface area contributed by atoms with E-state index in [1.54, 1.807) is 37.4 Å². The Hall–Kier alpha value is -3.75. The highest BCUT2D eigenvalue weighted by Gasteiger charge is 2.31. The van der Waals surface area contributed by atoms with E-state index < -0.39 is 29.4 Å². The molecule has 0 radical (unpaired) electrons. The van der Waals surface area contributed by atoms with E-state index in [2.05, 4.69) is 5.32 Å². The Kier molecular flexibility index (Phi) is 6.37. The normalized spacial score (nSPS) is 16.2. The molecule has 34 heavy (non-hydrogen) atoms. The van der Waals surface area contributed by atoms with Gasteiger partial charge in [-0.3, -0.25) is 28.8 Å². The van der Waals surface area contributed by atoms with E-state index in [1.165, 1.54) is 15.2 Å². The Morgan fingerprint density at radius 3 is 2.59 bits per heavy atom. The molecule has 8 nitrogen and oxygen atoms in total. The Morgan fingerprint density at radius 2 is 1.91 bits per heavy atom. The predicted molar refractivity (Wildman–Crippen MR) is 123 cm³/mol. The molecule has 0 saturated carbocycles. The zero-order valence-electron chi connectivity index (χ0n) is 19.3. The highest BCUT2D eigenvalue weighted by molar-refractivity contribution is 6.00. The number of esters is 1. The summed E-state index contributed by atoms with van der Waals surface area (Å²) in [5.41, 5.74) is 2.05. The summed E-state index contributed by atoms with van der Waals surface area (Å²) >= 11 is 0. The van der Waals surface area contributed by atoms with Gasteiger partial charge in [-0.05, 0) is 41.7 Å². The summed E-state index contributed by atoms with van der Waals surface area (Å²) in [5.74, 6) is -1.55. The van der Waals surface area contributed by atoms with Gasteiger partial charge in [0.15, 0.2) is 0 Å². The summed E-state index contributed by atoms with van der Waals surface area (Å²) in [6.45, 7) is 4.19. The number of nitrogens with zero attached hydrogens (tertiary/aromatic N) is 2. The van der Waals surface area contributed by atoms with Crippen molar-refractivity contribution in [1.29, 1.82) is 0 Å². The van der Waals surface area contributed by atoms with Crippen LogP contribution in [-0.2, 0) is 32.6 Å². The molecule has 0 spiro atoms. The maximum Gasteiger partial charge on any atom is 0.329 e. The summed E-state index contributed by atoms with van der Waals surface area (Å²) in [6, 6.07) is 8.83. The second-order valence-corrected chi connectivity index (χ2v) is 8.95. The molecule has 2 aromatic carbocycles. The number of aromatic nitrogens is 2. The lowest BCUT2D eigenvalue weighted by Crippen LogP contribution is -2.44. The number of benzene rings is 2. The molecule has 1 saturated heterocycles. The van der Waals surface area contributed by atoms with Crippen molar-refractivity contribution >= 4 is 28.8 Å². The number of hydrogen-bond acceptors (Lipinski definition) is 5. The summed E-state index contributed by atoms with van der Waals surface area (Å²) in [4.78, 5) is 48.7. The monoisotopic (exact) mass is 467 g/mol. The number of rotatable bonds is 6. The van der Waals surface area contributed by atoms with Gasteiger partial charge in [-0.1, -0.05) is 32.0 Å². The topological polar surface area (TPSA) is 99.4 Å². The molecule has 3 aromatic rings. The zero-order valence-corrected chi connectivity index (χ0v) is 19.3. The fourth-order valence-corrected chi connectivity index (χ4v) is 4.14. The fourth-order valence-electron chi connectivity index (χ4n) is 4.14. The van der Waals surface area contributed by atoms with E-state index in [-0.39, 0.29) is 31.1 Å². The van der Waals surface area contributed by atoms with E-state index in [1.807, 2.05) is 13.8 Å². The van der Waals surface area contributed by atoms with Gasteiger partial charge in [0.1, 0.15) is 11.9 Å². The van der Waals surface area contributed by atoms with Crippen molar-refractivity contribution in [1.82, 2.24) is 14.5 Å². The maximum atomic E-state index is 15.0. The molecule has 1 aliphatic rings. The van der Waals surface area contributed by atoms with Gasteiger partial charge in [-0.15, -0.1) is 0 Å². The average Bonchev–Trinajstić information content (AvgIpc) is 3.02. The third-order valence-electron chi connectivity index (χ3n) is 5.88. The molecule has 0 aliphatic carbocycles. The van der Waals surface area contributed by atoms with Crippen LogP contribution in [-0.4, -0.2) is 33.5 Å². The molecule has 1 N–H and O–H groups in total. The smallest absolute Gasteiger partial charge is 0.329 e. The average molecular weight is 467 g/mol. The van der Waals surface area contributed by atoms with Crippen LogP contribution in [0.2, 0.25) is 0 Å². The molecular weight excluding hydrogens is 441 g/mol. The van der Waals surface area contributed by atoms with Crippen molar-refractivity contribution in [3.05, 3.63) is 58.3 Å². The molecule has 2 heterocycles. The highest BCUT2D eigenvalue weighted by Crippen LogP contribution is 2.29. The van der Waals surface area contributed by atoms with Crippen LogP contribution in [0.5, 0.6) is 0 Å². The van der Waals surface area contributed by atoms with Gasteiger partial charge in [0.25, 0.3) is 0 Å². The van der Waals surface area contributed by atoms with Crippen LogP contribution in [0.25, 0.3) is 22.2 Å². The molecule has 1 fully saturated rings. The van der Waals surface area contributed by atoms with E-state index in [0.717, 1.165) is 0 Å². The lowest BCUT2D eigenvalue weighted by Gasteiger charge is -2.21. The standard InChI is InChI=1S/C25H26FN3O5/c1-14(2)13-34-23(31)11-15-4-6-17(18(26)10-15)16-5-7-19-21(12-16)28(3)25(33)29(19)20-8-9-22(30)27-24(20)32/h4-7,10,12,14,20H,8-9,11,13H2,1-3H3,(H,27,30,32). The van der Waals surface area contributed by atoms with Crippen molar-refractivity contribution in [2.75, 3.05) is 6.61 Å². The van der Waals surface area contributed by atoms with Gasteiger partial charge in [-0.2, -0.15) is 0 Å². The minimum atomic E-state index is -0.786. The SMILES string of the molecule is CC(C)COC(=O)Cc1ccc(-c2ccc3c(c2)n(C)c(=O)n3C2CCC(=O)NC2=O)c(F)c1. The second-order valence-electron chi connectivity index (χ2n) is 8.95. The Labute approximate surface area is 195 Å². The van der Waals surface area contributed by atoms with Crippen LogP contribution < -0.4 is 11.0 Å². The van der Waals surface area contributed by atoms with Crippen LogP contribution in [0, 0.1) is 11.7 Å². The molecule has 0 bridgehead atoms. The third-order valence-corrected chi connectivity index (χ3v) is 5.88. The van der Waals surface area contributed by atoms with Gasteiger partial charge in [0, 0.05) is 19.0 Å². The minimum absolute atomic E-state index is 0.0216. The van der Waals surface area contributed by atoms with Crippen LogP contribution in [0.15, 0.2) is 41.2 Å². The number of ether oxygens (including phenoxy) is 1. The van der Waals surface area contributed by atoms with E-state index in [9.17, 15) is 23.6 Å². The number of piperidine rings is 1. The molecule has 1 aliphatic heterocycles. The summed E-state index contributed by atoms with van der Waals surface area (Å²) in [5, 5.41) is 2.28. The first-order valence-electron chi connectivity index (χ1n) is 11.1. The number of nitrogens with one attached hydrogen (secondary N) is 1. The number of halogens is 1. The number of aryl methyl sites for hydroxylation is 1. The first-order chi connectivity index (χ1) is 16.2. The van der Waals surface area contributed by atoms with Crippen LogP contribution in [0.3, 0.4) is 0 Å². The van der Waals surface area contributed by atoms with Crippen molar-refractivity contribution in [2.24, 2.45) is 13.0 Å². The van der Waals surface area contributed by atoms with Crippen molar-refractivity contribution < 1.29 is 23.5 Å². The van der Waals surface area contributed by atoms with Crippen molar-refractivity contribution in [3.8, 4) is 11.1 Å². The summed E-state index contributed by atoms with van der Waals surface area (Å²) in [6.07, 6.45) is 0.368. The summed E-state index contributed by atoms with van der Waals surface area (Å²) in [7, 11) is 1.58. The van der Waals surface area contributed by atoms with Gasteiger partial charge in [0.2, 0.25) is 11.8 Å². The lowest BCUT2D eigenvalue weighted by atomic mass is 10.0. The molecule has 9 heteroatoms. The first-order valence-corrected chi connectivity index (χ1v) is 11.1. The second kappa shape index (κ2) is 9.24. The van der Waals surface area contributed by atoms with E-state index >= 15 is 0 Å². The number of fused-ring (bicyclic) bond motifs is 1. The fraction of sp³-hybridized carbons (Fsp3) is 0.360. The number of imide groups is 1. The van der Waals surface area contributed by atoms with Gasteiger partial charge in [0.05, 0.1) is 24.1 Å². The van der Waals surface area contributed by atoms with E-state index in [4.69, 9.17) is 4.74 Å². The predicted octanol–water partition coefficient (Wildman–Crippen LogP) is 2.87. The number of imidazole rings is 1. The summed E-state index contributed by atoms with van der Waals surface area (Å²) < 4.78 is 22.9. The number of hydrogen-bond donors (Lipinski definition) is 1. The number of carbonyl (C=O) groups excluding carboxylic acids is 3. The van der Waals surface area contributed by atoms with E-state index in [0.29, 0.717) is 34.3 Å². The lowest BCUT2D eigenvalue weighted by molar-refractivity contribution is -0.144. The zero-order chi connectivity index (χ0) is 24.6. The largest absolute Gasteiger partial charge is 0.465 e. The van der Waals surface area contributed by atoms with Crippen LogP contribution >= 0.6 is 0 Å². The molecule has 1 unspecified atom stereocenters. The molecular formula is C25H26FN3O5. The third kappa shape index (κ3) is 4.50. The Morgan fingerprint density at radius 1 is 1.15 bits per heavy atom. The number of amides is 2. The van der Waals surface area contributed by atoms with Crippen molar-refractivity contribution in [3.63, 3.8) is 0 Å². The minimum Gasteiger partial charge on any atom is -0.465 e. The van der Waals surface area contributed by atoms with Crippen molar-refractivity contribution in [2.45, 2.75) is 39.2 Å². The van der Waals surface area contributed by atoms with Gasteiger partial charge < -0.3 is 4.74 Å². The maximum absolute atomic E-state index is 15.0. The molecule has 1 atom stereocenters. The molecule has 2 amide bonds. The van der Waals surface area contributed by atoms with Crippen LogP contribution in [0.1, 0.15) is 38.3 Å².